The molecular weight excluding hydrogens is 421 g/mol. The highest BCUT2D eigenvalue weighted by Crippen LogP contribution is 2.33. The lowest BCUT2D eigenvalue weighted by atomic mass is 10.1. The minimum absolute atomic E-state index is 0.219. The number of hydrogen-bond acceptors (Lipinski definition) is 4. The van der Waals surface area contributed by atoms with Gasteiger partial charge in [-0.15, -0.1) is 0 Å². The van der Waals surface area contributed by atoms with Crippen LogP contribution in [0.3, 0.4) is 0 Å². The standard InChI is InChI=1S/C23H17Cl2N3O2/c1-14-12-27-21-16(22(14)30-13-15-6-2-3-11-26-15)7-4-10-19(21)28-23(29)20-17(24)8-5-9-18(20)25/h2-12H,13H2,1H3,(H,28,29). The number of fused-ring (bicyclic) bond motifs is 1. The van der Waals surface area contributed by atoms with Gasteiger partial charge in [0.2, 0.25) is 0 Å². The summed E-state index contributed by atoms with van der Waals surface area (Å²) >= 11 is 12.3. The monoisotopic (exact) mass is 437 g/mol. The van der Waals surface area contributed by atoms with Crippen LogP contribution in [-0.4, -0.2) is 15.9 Å². The highest BCUT2D eigenvalue weighted by Gasteiger charge is 2.17. The molecule has 0 saturated heterocycles. The van der Waals surface area contributed by atoms with Crippen LogP contribution < -0.4 is 10.1 Å². The lowest BCUT2D eigenvalue weighted by molar-refractivity contribution is 0.102. The van der Waals surface area contributed by atoms with E-state index in [9.17, 15) is 4.79 Å². The third-order valence-electron chi connectivity index (χ3n) is 4.55. The number of amides is 1. The van der Waals surface area contributed by atoms with E-state index >= 15 is 0 Å². The van der Waals surface area contributed by atoms with Crippen LogP contribution in [-0.2, 0) is 6.61 Å². The van der Waals surface area contributed by atoms with Crippen LogP contribution in [0.15, 0.2) is 67.0 Å². The number of anilines is 1. The number of nitrogens with one attached hydrogen (secondary N) is 1. The van der Waals surface area contributed by atoms with Gasteiger partial charge >= 0.3 is 0 Å². The second-order valence-electron chi connectivity index (χ2n) is 6.63. The quantitative estimate of drug-likeness (QED) is 0.411. The molecular formula is C23H17Cl2N3O2. The zero-order chi connectivity index (χ0) is 21.1. The van der Waals surface area contributed by atoms with Gasteiger partial charge in [-0.25, -0.2) is 0 Å². The van der Waals surface area contributed by atoms with Gasteiger partial charge in [0.1, 0.15) is 12.4 Å². The number of ether oxygens (including phenoxy) is 1. The number of halogens is 2. The molecule has 2 aromatic heterocycles. The van der Waals surface area contributed by atoms with Crippen LogP contribution >= 0.6 is 23.2 Å². The molecule has 0 aliphatic heterocycles. The topological polar surface area (TPSA) is 64.1 Å². The van der Waals surface area contributed by atoms with Gasteiger partial charge in [0.15, 0.2) is 0 Å². The number of rotatable bonds is 5. The summed E-state index contributed by atoms with van der Waals surface area (Å²) in [6.07, 6.45) is 3.44. The molecule has 0 unspecified atom stereocenters. The van der Waals surface area contributed by atoms with Gasteiger partial charge in [-0.2, -0.15) is 0 Å². The first-order valence-electron chi connectivity index (χ1n) is 9.21. The number of carbonyl (C=O) groups is 1. The Morgan fingerprint density at radius 2 is 1.77 bits per heavy atom. The number of aryl methyl sites for hydroxylation is 1. The first-order valence-corrected chi connectivity index (χ1v) is 9.96. The van der Waals surface area contributed by atoms with Crippen molar-refractivity contribution in [3.63, 3.8) is 0 Å². The van der Waals surface area contributed by atoms with Gasteiger partial charge in [-0.1, -0.05) is 41.4 Å². The van der Waals surface area contributed by atoms with Gasteiger partial charge in [0.25, 0.3) is 5.91 Å². The molecule has 2 heterocycles. The Labute approximate surface area is 183 Å². The molecule has 0 atom stereocenters. The molecule has 150 valence electrons. The third kappa shape index (κ3) is 4.08. The van der Waals surface area contributed by atoms with Crippen molar-refractivity contribution in [2.45, 2.75) is 13.5 Å². The summed E-state index contributed by atoms with van der Waals surface area (Å²) in [7, 11) is 0. The molecule has 5 nitrogen and oxygen atoms in total. The molecule has 30 heavy (non-hydrogen) atoms. The number of para-hydroxylation sites is 1. The van der Waals surface area contributed by atoms with Gasteiger partial charge in [0, 0.05) is 23.3 Å². The zero-order valence-corrected chi connectivity index (χ0v) is 17.5. The summed E-state index contributed by atoms with van der Waals surface area (Å²) < 4.78 is 6.06. The number of nitrogens with zero attached hydrogens (tertiary/aromatic N) is 2. The third-order valence-corrected chi connectivity index (χ3v) is 5.18. The van der Waals surface area contributed by atoms with E-state index in [1.807, 2.05) is 37.3 Å². The molecule has 0 saturated carbocycles. The number of benzene rings is 2. The fourth-order valence-corrected chi connectivity index (χ4v) is 3.69. The maximum absolute atomic E-state index is 12.8. The fraction of sp³-hybridized carbons (Fsp3) is 0.0870. The first kappa shape index (κ1) is 20.1. The predicted molar refractivity (Wildman–Crippen MR) is 119 cm³/mol. The molecule has 0 aliphatic rings. The first-order chi connectivity index (χ1) is 14.5. The zero-order valence-electron chi connectivity index (χ0n) is 16.0. The van der Waals surface area contributed by atoms with Gasteiger partial charge < -0.3 is 10.1 Å². The Morgan fingerprint density at radius 3 is 2.50 bits per heavy atom. The highest BCUT2D eigenvalue weighted by molar-refractivity contribution is 6.40. The van der Waals surface area contributed by atoms with E-state index in [1.54, 1.807) is 36.7 Å². The van der Waals surface area contributed by atoms with Crippen molar-refractivity contribution in [2.75, 3.05) is 5.32 Å². The van der Waals surface area contributed by atoms with E-state index in [2.05, 4.69) is 15.3 Å². The van der Waals surface area contributed by atoms with Crippen molar-refractivity contribution >= 4 is 45.7 Å². The van der Waals surface area contributed by atoms with E-state index in [1.165, 1.54) is 0 Å². The molecule has 0 radical (unpaired) electrons. The second-order valence-corrected chi connectivity index (χ2v) is 7.45. The summed E-state index contributed by atoms with van der Waals surface area (Å²) in [5.74, 6) is 0.286. The Balaban J connectivity index is 1.68. The largest absolute Gasteiger partial charge is 0.486 e. The average molecular weight is 438 g/mol. The lowest BCUT2D eigenvalue weighted by Crippen LogP contribution is -2.13. The van der Waals surface area contributed by atoms with Crippen LogP contribution in [0.4, 0.5) is 5.69 Å². The summed E-state index contributed by atoms with van der Waals surface area (Å²) in [5, 5.41) is 4.21. The van der Waals surface area contributed by atoms with Crippen LogP contribution in [0.1, 0.15) is 21.6 Å². The van der Waals surface area contributed by atoms with Gasteiger partial charge in [-0.3, -0.25) is 14.8 Å². The van der Waals surface area contributed by atoms with Crippen LogP contribution in [0.5, 0.6) is 5.75 Å². The highest BCUT2D eigenvalue weighted by atomic mass is 35.5. The molecule has 0 spiro atoms. The van der Waals surface area contributed by atoms with Crippen molar-refractivity contribution in [3.8, 4) is 5.75 Å². The summed E-state index contributed by atoms with van der Waals surface area (Å²) in [6, 6.07) is 16.1. The van der Waals surface area contributed by atoms with Crippen molar-refractivity contribution in [1.29, 1.82) is 0 Å². The average Bonchev–Trinajstić information content (AvgIpc) is 2.74. The van der Waals surface area contributed by atoms with Crippen LogP contribution in [0.2, 0.25) is 10.0 Å². The molecule has 0 bridgehead atoms. The number of hydrogen-bond donors (Lipinski definition) is 1. The molecule has 2 aromatic carbocycles. The second kappa shape index (κ2) is 8.69. The summed E-state index contributed by atoms with van der Waals surface area (Å²) in [6.45, 7) is 2.25. The van der Waals surface area contributed by atoms with Crippen molar-refractivity contribution in [2.24, 2.45) is 0 Å². The predicted octanol–water partition coefficient (Wildman–Crippen LogP) is 6.08. The summed E-state index contributed by atoms with van der Waals surface area (Å²) in [5.41, 5.74) is 3.07. The smallest absolute Gasteiger partial charge is 0.258 e. The SMILES string of the molecule is Cc1cnc2c(NC(=O)c3c(Cl)cccc3Cl)cccc2c1OCc1ccccn1. The number of aromatic nitrogens is 2. The van der Waals surface area contributed by atoms with E-state index in [0.717, 1.165) is 16.6 Å². The molecule has 4 aromatic rings. The molecule has 7 heteroatoms. The van der Waals surface area contributed by atoms with Crippen LogP contribution in [0, 0.1) is 6.92 Å². The fourth-order valence-electron chi connectivity index (χ4n) is 3.12. The minimum Gasteiger partial charge on any atom is -0.486 e. The summed E-state index contributed by atoms with van der Waals surface area (Å²) in [4.78, 5) is 21.6. The van der Waals surface area contributed by atoms with Crippen LogP contribution in [0.25, 0.3) is 10.9 Å². The number of carbonyl (C=O) groups excluding carboxylic acids is 1. The van der Waals surface area contributed by atoms with Crippen molar-refractivity contribution in [3.05, 3.63) is 93.9 Å². The minimum atomic E-state index is -0.406. The number of pyridine rings is 2. The van der Waals surface area contributed by atoms with Crippen molar-refractivity contribution in [1.82, 2.24) is 9.97 Å². The van der Waals surface area contributed by atoms with Crippen molar-refractivity contribution < 1.29 is 9.53 Å². The molecule has 1 N–H and O–H groups in total. The maximum Gasteiger partial charge on any atom is 0.258 e. The van der Waals surface area contributed by atoms with E-state index in [0.29, 0.717) is 23.6 Å². The molecule has 0 fully saturated rings. The normalized spacial score (nSPS) is 10.8. The van der Waals surface area contributed by atoms with E-state index in [-0.39, 0.29) is 15.6 Å². The Kier molecular flexibility index (Phi) is 5.84. The Hall–Kier alpha value is -3.15. The van der Waals surface area contributed by atoms with Gasteiger partial charge in [0.05, 0.1) is 32.5 Å². The maximum atomic E-state index is 12.8. The Morgan fingerprint density at radius 1 is 1.00 bits per heavy atom. The van der Waals surface area contributed by atoms with Gasteiger partial charge in [-0.05, 0) is 43.3 Å². The lowest BCUT2D eigenvalue weighted by Gasteiger charge is -2.14. The molecule has 1 amide bonds. The molecule has 4 rings (SSSR count). The molecule has 0 aliphatic carbocycles. The van der Waals surface area contributed by atoms with E-state index in [4.69, 9.17) is 27.9 Å². The van der Waals surface area contributed by atoms with E-state index < -0.39 is 5.91 Å². The Bertz CT molecular complexity index is 1210.